The Morgan fingerprint density at radius 2 is 1.92 bits per heavy atom. The highest BCUT2D eigenvalue weighted by Crippen LogP contribution is 2.40. The molecule has 0 bridgehead atoms. The molecule has 0 amide bonds. The number of hydrogen-bond acceptors (Lipinski definition) is 1. The number of halogens is 1. The van der Waals surface area contributed by atoms with Gasteiger partial charge in [0.2, 0.25) is 0 Å². The number of ether oxygens (including phenoxy) is 1. The third-order valence-corrected chi connectivity index (χ3v) is 5.13. The number of aromatic nitrogens is 1. The predicted octanol–water partition coefficient (Wildman–Crippen LogP) is 5.72. The first-order valence-electron chi connectivity index (χ1n) is 8.79. The van der Waals surface area contributed by atoms with Gasteiger partial charge < -0.3 is 9.72 Å². The second-order valence-corrected chi connectivity index (χ2v) is 6.79. The number of rotatable bonds is 5. The van der Waals surface area contributed by atoms with Crippen molar-refractivity contribution in [3.63, 3.8) is 0 Å². The van der Waals surface area contributed by atoms with E-state index in [1.165, 1.54) is 46.1 Å². The van der Waals surface area contributed by atoms with Gasteiger partial charge in [0, 0.05) is 28.8 Å². The van der Waals surface area contributed by atoms with Gasteiger partial charge in [-0.1, -0.05) is 36.8 Å². The van der Waals surface area contributed by atoms with Gasteiger partial charge in [0.1, 0.15) is 5.75 Å². The van der Waals surface area contributed by atoms with Gasteiger partial charge in [-0.05, 0) is 42.5 Å². The molecule has 0 saturated heterocycles. The standard InChI is InChI=1S/C21H22ClNO/c22-13-5-1-2-7-15-8-6-11-19-20(15)21-17(12-14-24-19)16-9-3-4-10-18(16)23-21/h3-4,6,8-11,23H,1-2,5,7,12-14H2. The number of aryl methyl sites for hydroxylation is 1. The molecule has 1 aliphatic heterocycles. The van der Waals surface area contributed by atoms with Gasteiger partial charge >= 0.3 is 0 Å². The minimum Gasteiger partial charge on any atom is -0.493 e. The lowest BCUT2D eigenvalue weighted by Gasteiger charge is -2.13. The summed E-state index contributed by atoms with van der Waals surface area (Å²) in [4.78, 5) is 3.65. The quantitative estimate of drug-likeness (QED) is 0.466. The monoisotopic (exact) mass is 339 g/mol. The van der Waals surface area contributed by atoms with Crippen LogP contribution < -0.4 is 4.74 Å². The van der Waals surface area contributed by atoms with Crippen molar-refractivity contribution >= 4 is 22.5 Å². The maximum atomic E-state index is 6.07. The van der Waals surface area contributed by atoms with Gasteiger partial charge in [-0.25, -0.2) is 0 Å². The lowest BCUT2D eigenvalue weighted by molar-refractivity contribution is 0.326. The normalized spacial score (nSPS) is 13.2. The Balaban J connectivity index is 1.80. The highest BCUT2D eigenvalue weighted by molar-refractivity contribution is 6.17. The average molecular weight is 340 g/mol. The molecule has 0 unspecified atom stereocenters. The molecule has 1 aliphatic rings. The molecule has 0 saturated carbocycles. The molecule has 3 aromatic rings. The summed E-state index contributed by atoms with van der Waals surface area (Å²) < 4.78 is 6.07. The number of aromatic amines is 1. The molecule has 2 heterocycles. The first kappa shape index (κ1) is 15.6. The summed E-state index contributed by atoms with van der Waals surface area (Å²) in [6.45, 7) is 0.734. The molecule has 124 valence electrons. The maximum Gasteiger partial charge on any atom is 0.128 e. The highest BCUT2D eigenvalue weighted by atomic mass is 35.5. The van der Waals surface area contributed by atoms with Crippen LogP contribution in [0.4, 0.5) is 0 Å². The number of nitrogens with one attached hydrogen (secondary N) is 1. The van der Waals surface area contributed by atoms with E-state index in [1.54, 1.807) is 0 Å². The molecule has 0 atom stereocenters. The third kappa shape index (κ3) is 2.80. The number of unbranched alkanes of at least 4 members (excludes halogenated alkanes) is 2. The van der Waals surface area contributed by atoms with E-state index in [-0.39, 0.29) is 0 Å². The largest absolute Gasteiger partial charge is 0.493 e. The van der Waals surface area contributed by atoms with Gasteiger partial charge in [-0.15, -0.1) is 11.6 Å². The van der Waals surface area contributed by atoms with Crippen LogP contribution in [-0.4, -0.2) is 17.5 Å². The van der Waals surface area contributed by atoms with Crippen molar-refractivity contribution in [1.29, 1.82) is 0 Å². The summed E-state index contributed by atoms with van der Waals surface area (Å²) in [5, 5.41) is 1.32. The van der Waals surface area contributed by atoms with Crippen LogP contribution in [0.1, 0.15) is 30.4 Å². The zero-order valence-electron chi connectivity index (χ0n) is 13.8. The number of hydrogen-bond donors (Lipinski definition) is 1. The van der Waals surface area contributed by atoms with E-state index in [2.05, 4.69) is 47.4 Å². The van der Waals surface area contributed by atoms with Crippen molar-refractivity contribution < 1.29 is 4.74 Å². The van der Waals surface area contributed by atoms with E-state index >= 15 is 0 Å². The summed E-state index contributed by atoms with van der Waals surface area (Å²) in [6.07, 6.45) is 5.44. The fourth-order valence-electron chi connectivity index (χ4n) is 3.71. The molecule has 0 fully saturated rings. The van der Waals surface area contributed by atoms with Crippen LogP contribution in [0.25, 0.3) is 22.2 Å². The summed E-state index contributed by atoms with van der Waals surface area (Å²) in [5.41, 5.74) is 6.48. The molecule has 3 heteroatoms. The Morgan fingerprint density at radius 1 is 1.00 bits per heavy atom. The van der Waals surface area contributed by atoms with E-state index < -0.39 is 0 Å². The van der Waals surface area contributed by atoms with Crippen LogP contribution in [-0.2, 0) is 12.8 Å². The Bertz CT molecular complexity index is 852. The van der Waals surface area contributed by atoms with Crippen LogP contribution in [0.3, 0.4) is 0 Å². The molecule has 0 radical (unpaired) electrons. The fraction of sp³-hybridized carbons (Fsp3) is 0.333. The van der Waals surface area contributed by atoms with E-state index in [0.717, 1.165) is 37.5 Å². The maximum absolute atomic E-state index is 6.07. The van der Waals surface area contributed by atoms with Gasteiger partial charge in [0.05, 0.1) is 12.3 Å². The molecular formula is C21H22ClNO. The van der Waals surface area contributed by atoms with Crippen molar-refractivity contribution in [2.75, 3.05) is 12.5 Å². The zero-order chi connectivity index (χ0) is 16.4. The summed E-state index contributed by atoms with van der Waals surface area (Å²) in [6, 6.07) is 15.0. The van der Waals surface area contributed by atoms with Crippen LogP contribution in [0.2, 0.25) is 0 Å². The van der Waals surface area contributed by atoms with E-state index in [1.807, 2.05) is 0 Å². The molecular weight excluding hydrogens is 318 g/mol. The fourth-order valence-corrected chi connectivity index (χ4v) is 3.90. The molecule has 4 rings (SSSR count). The molecule has 2 aromatic carbocycles. The predicted molar refractivity (Wildman–Crippen MR) is 101 cm³/mol. The molecule has 1 aromatic heterocycles. The van der Waals surface area contributed by atoms with Gasteiger partial charge in [-0.3, -0.25) is 0 Å². The number of benzene rings is 2. The van der Waals surface area contributed by atoms with Crippen LogP contribution in [0, 0.1) is 0 Å². The van der Waals surface area contributed by atoms with Crippen LogP contribution in [0.5, 0.6) is 5.75 Å². The highest BCUT2D eigenvalue weighted by Gasteiger charge is 2.22. The average Bonchev–Trinajstić information content (AvgIpc) is 2.87. The topological polar surface area (TPSA) is 25.0 Å². The summed E-state index contributed by atoms with van der Waals surface area (Å²) in [7, 11) is 0. The Labute approximate surface area is 147 Å². The molecule has 0 spiro atoms. The first-order valence-corrected chi connectivity index (χ1v) is 9.32. The lowest BCUT2D eigenvalue weighted by atomic mass is 9.95. The minimum atomic E-state index is 0.734. The third-order valence-electron chi connectivity index (χ3n) is 4.87. The number of para-hydroxylation sites is 1. The van der Waals surface area contributed by atoms with Crippen molar-refractivity contribution in [2.24, 2.45) is 0 Å². The molecule has 24 heavy (non-hydrogen) atoms. The zero-order valence-corrected chi connectivity index (χ0v) is 14.5. The van der Waals surface area contributed by atoms with Crippen molar-refractivity contribution in [3.8, 4) is 17.0 Å². The van der Waals surface area contributed by atoms with Crippen molar-refractivity contribution in [1.82, 2.24) is 4.98 Å². The van der Waals surface area contributed by atoms with E-state index in [9.17, 15) is 0 Å². The molecule has 2 nitrogen and oxygen atoms in total. The molecule has 1 N–H and O–H groups in total. The number of H-pyrrole nitrogens is 1. The second-order valence-electron chi connectivity index (χ2n) is 6.41. The van der Waals surface area contributed by atoms with Crippen molar-refractivity contribution in [3.05, 3.63) is 53.6 Å². The molecule has 0 aliphatic carbocycles. The van der Waals surface area contributed by atoms with Gasteiger partial charge in [-0.2, -0.15) is 0 Å². The smallest absolute Gasteiger partial charge is 0.128 e. The Hall–Kier alpha value is -1.93. The van der Waals surface area contributed by atoms with E-state index in [4.69, 9.17) is 16.3 Å². The summed E-state index contributed by atoms with van der Waals surface area (Å²) in [5.74, 6) is 1.76. The number of alkyl halides is 1. The minimum absolute atomic E-state index is 0.734. The van der Waals surface area contributed by atoms with Crippen molar-refractivity contribution in [2.45, 2.75) is 32.1 Å². The van der Waals surface area contributed by atoms with Gasteiger partial charge in [0.25, 0.3) is 0 Å². The Morgan fingerprint density at radius 3 is 2.83 bits per heavy atom. The Kier molecular flexibility index (Phi) is 4.48. The van der Waals surface area contributed by atoms with E-state index in [0.29, 0.717) is 0 Å². The summed E-state index contributed by atoms with van der Waals surface area (Å²) >= 11 is 5.81. The van der Waals surface area contributed by atoms with Gasteiger partial charge in [0.15, 0.2) is 0 Å². The second kappa shape index (κ2) is 6.90. The first-order chi connectivity index (χ1) is 11.9. The lowest BCUT2D eigenvalue weighted by Crippen LogP contribution is -1.99. The SMILES string of the molecule is ClCCCCCc1cccc2c1-c1[nH]c3ccccc3c1CCO2. The van der Waals surface area contributed by atoms with Crippen LogP contribution >= 0.6 is 11.6 Å². The number of fused-ring (bicyclic) bond motifs is 5. The van der Waals surface area contributed by atoms with Crippen LogP contribution in [0.15, 0.2) is 42.5 Å².